The van der Waals surface area contributed by atoms with Crippen molar-refractivity contribution in [3.63, 3.8) is 0 Å². The largest absolute Gasteiger partial charge is 0.486 e. The first-order valence-corrected chi connectivity index (χ1v) is 13.2. The van der Waals surface area contributed by atoms with Crippen LogP contribution in [0.25, 0.3) is 0 Å². The monoisotopic (exact) mass is 372 g/mol. The fraction of sp³-hybridized carbons (Fsp3) is 0.636. The molecule has 1 aromatic rings. The third-order valence-electron chi connectivity index (χ3n) is 6.21. The van der Waals surface area contributed by atoms with E-state index in [1.807, 2.05) is 0 Å². The smallest absolute Gasteiger partial charge is 0.400 e. The zero-order chi connectivity index (χ0) is 19.4. The van der Waals surface area contributed by atoms with Crippen LogP contribution in [0.15, 0.2) is 41.5 Å². The first kappa shape index (κ1) is 21.5. The minimum atomic E-state index is -1.73. The Morgan fingerprint density at radius 1 is 0.962 bits per heavy atom. The maximum atomic E-state index is 6.28. The molecule has 0 amide bonds. The molecule has 4 heteroatoms. The van der Waals surface area contributed by atoms with Gasteiger partial charge in [0.15, 0.2) is 0 Å². The van der Waals surface area contributed by atoms with Crippen molar-refractivity contribution in [1.29, 1.82) is 0 Å². The Balaban J connectivity index is 2.26. The standard InChI is InChI=1S/C22H37BO2Si/c1-8-9-10-12-17-20(26(6,7)19-15-13-11-14-16-19)18-23-24-21(2,3)22(4,5)25-23/h11,13-16,18H,8-10,12,17H2,1-7H3/b20-18-. The Bertz CT molecular complexity index is 592. The molecule has 0 saturated carbocycles. The summed E-state index contributed by atoms with van der Waals surface area (Å²) in [4.78, 5) is 0. The SMILES string of the molecule is CCCCCC/C(=C/B1OC(C)(C)C(C)(C)O1)[Si](C)(C)c1ccccc1. The van der Waals surface area contributed by atoms with Crippen molar-refractivity contribution in [3.05, 3.63) is 41.5 Å². The lowest BCUT2D eigenvalue weighted by Crippen LogP contribution is -2.44. The number of hydrogen-bond donors (Lipinski definition) is 0. The number of benzene rings is 1. The van der Waals surface area contributed by atoms with E-state index in [-0.39, 0.29) is 18.3 Å². The predicted molar refractivity (Wildman–Crippen MR) is 116 cm³/mol. The van der Waals surface area contributed by atoms with Crippen LogP contribution in [0.5, 0.6) is 0 Å². The summed E-state index contributed by atoms with van der Waals surface area (Å²) in [6.07, 6.45) is 6.30. The lowest BCUT2D eigenvalue weighted by atomic mass is 9.89. The van der Waals surface area contributed by atoms with Crippen molar-refractivity contribution in [1.82, 2.24) is 0 Å². The van der Waals surface area contributed by atoms with Crippen LogP contribution in [0.4, 0.5) is 0 Å². The van der Waals surface area contributed by atoms with Crippen LogP contribution < -0.4 is 5.19 Å². The number of rotatable bonds is 8. The Morgan fingerprint density at radius 3 is 2.08 bits per heavy atom. The van der Waals surface area contributed by atoms with E-state index in [9.17, 15) is 0 Å². The van der Waals surface area contributed by atoms with Gasteiger partial charge in [0, 0.05) is 0 Å². The summed E-state index contributed by atoms with van der Waals surface area (Å²) in [5.41, 5.74) is -0.556. The molecule has 0 atom stereocenters. The quantitative estimate of drug-likeness (QED) is 0.432. The van der Waals surface area contributed by atoms with Gasteiger partial charge >= 0.3 is 7.12 Å². The van der Waals surface area contributed by atoms with Gasteiger partial charge < -0.3 is 9.31 Å². The van der Waals surface area contributed by atoms with Gasteiger partial charge in [0.25, 0.3) is 0 Å². The highest BCUT2D eigenvalue weighted by Gasteiger charge is 2.50. The average Bonchev–Trinajstić information content (AvgIpc) is 2.78. The second-order valence-electron chi connectivity index (χ2n) is 9.12. The molecule has 1 heterocycles. The van der Waals surface area contributed by atoms with E-state index in [1.54, 1.807) is 5.20 Å². The van der Waals surface area contributed by atoms with E-state index >= 15 is 0 Å². The summed E-state index contributed by atoms with van der Waals surface area (Å²) in [6, 6.07) is 11.0. The molecule has 2 nitrogen and oxygen atoms in total. The molecule has 0 N–H and O–H groups in total. The highest BCUT2D eigenvalue weighted by Crippen LogP contribution is 2.38. The van der Waals surface area contributed by atoms with Crippen molar-refractivity contribution < 1.29 is 9.31 Å². The molecule has 0 unspecified atom stereocenters. The van der Waals surface area contributed by atoms with Crippen molar-refractivity contribution in [2.75, 3.05) is 0 Å². The summed E-state index contributed by atoms with van der Waals surface area (Å²) in [6.45, 7) is 15.7. The van der Waals surface area contributed by atoms with Crippen molar-refractivity contribution >= 4 is 20.4 Å². The van der Waals surface area contributed by atoms with Gasteiger partial charge in [0.05, 0.1) is 11.2 Å². The van der Waals surface area contributed by atoms with Crippen molar-refractivity contribution in [2.45, 2.75) is 91.0 Å². The molecular formula is C22H37BO2Si. The molecule has 2 rings (SSSR count). The Labute approximate surface area is 162 Å². The van der Waals surface area contributed by atoms with E-state index in [0.29, 0.717) is 0 Å². The second kappa shape index (κ2) is 8.45. The highest BCUT2D eigenvalue weighted by atomic mass is 28.3. The molecule has 1 aromatic carbocycles. The third kappa shape index (κ3) is 4.90. The van der Waals surface area contributed by atoms with E-state index in [1.165, 1.54) is 30.9 Å². The Morgan fingerprint density at radius 2 is 1.54 bits per heavy atom. The molecule has 0 radical (unpaired) electrons. The number of allylic oxidation sites excluding steroid dienone is 1. The zero-order valence-electron chi connectivity index (χ0n) is 17.9. The van der Waals surface area contributed by atoms with Gasteiger partial charge in [0.2, 0.25) is 0 Å². The van der Waals surface area contributed by atoms with Crippen LogP contribution in [-0.2, 0) is 9.31 Å². The molecule has 1 fully saturated rings. The van der Waals surface area contributed by atoms with Gasteiger partial charge in [-0.05, 0) is 40.5 Å². The molecule has 144 valence electrons. The van der Waals surface area contributed by atoms with Gasteiger partial charge in [-0.15, -0.1) is 0 Å². The normalized spacial score (nSPS) is 19.8. The molecule has 1 aliphatic heterocycles. The fourth-order valence-corrected chi connectivity index (χ4v) is 6.26. The first-order valence-electron chi connectivity index (χ1n) is 10.2. The molecular weight excluding hydrogens is 335 g/mol. The Kier molecular flexibility index (Phi) is 6.98. The van der Waals surface area contributed by atoms with Crippen LogP contribution in [0.3, 0.4) is 0 Å². The van der Waals surface area contributed by atoms with E-state index in [2.05, 4.69) is 84.0 Å². The van der Waals surface area contributed by atoms with Gasteiger partial charge in [-0.25, -0.2) is 0 Å². The van der Waals surface area contributed by atoms with Crippen LogP contribution in [0, 0.1) is 0 Å². The maximum Gasteiger partial charge on any atom is 0.486 e. The molecule has 26 heavy (non-hydrogen) atoms. The lowest BCUT2D eigenvalue weighted by Gasteiger charge is -2.32. The third-order valence-corrected chi connectivity index (χ3v) is 10.0. The summed E-state index contributed by atoms with van der Waals surface area (Å²) < 4.78 is 12.6. The topological polar surface area (TPSA) is 18.5 Å². The highest BCUT2D eigenvalue weighted by molar-refractivity contribution is 6.96. The molecule has 0 aliphatic carbocycles. The summed E-state index contributed by atoms with van der Waals surface area (Å²) in [5, 5.41) is 3.04. The van der Waals surface area contributed by atoms with Crippen LogP contribution in [0.2, 0.25) is 13.1 Å². The van der Waals surface area contributed by atoms with Crippen LogP contribution in [0.1, 0.15) is 66.7 Å². The van der Waals surface area contributed by atoms with Gasteiger partial charge in [-0.3, -0.25) is 0 Å². The lowest BCUT2D eigenvalue weighted by molar-refractivity contribution is 0.00578. The average molecular weight is 372 g/mol. The minimum absolute atomic E-state index is 0.239. The fourth-order valence-electron chi connectivity index (χ4n) is 3.51. The van der Waals surface area contributed by atoms with E-state index < -0.39 is 8.07 Å². The summed E-state index contributed by atoms with van der Waals surface area (Å²) in [7, 11) is -1.97. The summed E-state index contributed by atoms with van der Waals surface area (Å²) >= 11 is 0. The van der Waals surface area contributed by atoms with Crippen LogP contribution >= 0.6 is 0 Å². The number of hydrogen-bond acceptors (Lipinski definition) is 2. The Hall–Kier alpha value is -0.838. The molecule has 0 aromatic heterocycles. The van der Waals surface area contributed by atoms with Gasteiger partial charge in [-0.1, -0.05) is 86.0 Å². The zero-order valence-corrected chi connectivity index (χ0v) is 18.9. The van der Waals surface area contributed by atoms with E-state index in [4.69, 9.17) is 9.31 Å². The molecule has 1 aliphatic rings. The van der Waals surface area contributed by atoms with Gasteiger partial charge in [-0.2, -0.15) is 0 Å². The van der Waals surface area contributed by atoms with Gasteiger partial charge in [0.1, 0.15) is 8.07 Å². The molecule has 0 bridgehead atoms. The molecule has 1 saturated heterocycles. The number of unbranched alkanes of at least 4 members (excludes halogenated alkanes) is 3. The predicted octanol–water partition coefficient (Wildman–Crippen LogP) is 5.67. The van der Waals surface area contributed by atoms with Crippen LogP contribution in [-0.4, -0.2) is 26.4 Å². The summed E-state index contributed by atoms with van der Waals surface area (Å²) in [5.74, 6) is 2.31. The maximum absolute atomic E-state index is 6.28. The minimum Gasteiger partial charge on any atom is -0.400 e. The first-order chi connectivity index (χ1) is 12.1. The van der Waals surface area contributed by atoms with Crippen molar-refractivity contribution in [3.8, 4) is 0 Å². The van der Waals surface area contributed by atoms with Crippen molar-refractivity contribution in [2.24, 2.45) is 0 Å². The second-order valence-corrected chi connectivity index (χ2v) is 13.6. The van der Waals surface area contributed by atoms with E-state index in [0.717, 1.165) is 6.42 Å². The molecule has 0 spiro atoms.